The highest BCUT2D eigenvalue weighted by Gasteiger charge is 2.01. The molecule has 0 radical (unpaired) electrons. The smallest absolute Gasteiger partial charge is 0.183 e. The zero-order valence-corrected chi connectivity index (χ0v) is 8.19. The number of hydrogen-bond acceptors (Lipinski definition) is 4. The predicted molar refractivity (Wildman–Crippen MR) is 51.7 cm³/mol. The van der Waals surface area contributed by atoms with Crippen LogP contribution < -0.4 is 5.32 Å². The minimum atomic E-state index is 0.198. The molecular weight excluding hydrogens is 172 g/mol. The fourth-order valence-corrected chi connectivity index (χ4v) is 1.79. The van der Waals surface area contributed by atoms with E-state index in [0.29, 0.717) is 12.5 Å². The first kappa shape index (κ1) is 9.48. The number of nitrogens with zero attached hydrogens (tertiary/aromatic N) is 1. The number of thiazole rings is 1. The lowest BCUT2D eigenvalue weighted by Crippen LogP contribution is -2.08. The van der Waals surface area contributed by atoms with Crippen LogP contribution in [0.15, 0.2) is 6.20 Å². The molecule has 0 atom stereocenters. The van der Waals surface area contributed by atoms with Crippen molar-refractivity contribution >= 4 is 16.5 Å². The van der Waals surface area contributed by atoms with Crippen molar-refractivity contribution in [3.63, 3.8) is 0 Å². The highest BCUT2D eigenvalue weighted by molar-refractivity contribution is 7.15. The zero-order valence-electron chi connectivity index (χ0n) is 7.37. The lowest BCUT2D eigenvalue weighted by atomic mass is 10.4. The Morgan fingerprint density at radius 2 is 2.42 bits per heavy atom. The van der Waals surface area contributed by atoms with Crippen molar-refractivity contribution < 1.29 is 5.11 Å². The first-order chi connectivity index (χ1) is 5.72. The molecule has 0 unspecified atom stereocenters. The molecule has 0 bridgehead atoms. The summed E-state index contributed by atoms with van der Waals surface area (Å²) in [7, 11) is 0. The lowest BCUT2D eigenvalue weighted by molar-refractivity contribution is 0.300. The third-order valence-corrected chi connectivity index (χ3v) is 2.31. The Labute approximate surface area is 76.5 Å². The average molecular weight is 186 g/mol. The number of anilines is 1. The summed E-state index contributed by atoms with van der Waals surface area (Å²) in [5.74, 6) is 0. The minimum Gasteiger partial charge on any atom is -0.396 e. The van der Waals surface area contributed by atoms with E-state index in [1.165, 1.54) is 0 Å². The van der Waals surface area contributed by atoms with Gasteiger partial charge < -0.3 is 10.4 Å². The molecule has 68 valence electrons. The molecule has 1 heterocycles. The summed E-state index contributed by atoms with van der Waals surface area (Å²) in [6, 6.07) is 0.415. The molecule has 1 rings (SSSR count). The molecule has 3 nitrogen and oxygen atoms in total. The van der Waals surface area contributed by atoms with Gasteiger partial charge in [-0.1, -0.05) is 0 Å². The second-order valence-corrected chi connectivity index (χ2v) is 4.02. The Kier molecular flexibility index (Phi) is 3.49. The molecule has 0 spiro atoms. The summed E-state index contributed by atoms with van der Waals surface area (Å²) >= 11 is 1.60. The van der Waals surface area contributed by atoms with Crippen molar-refractivity contribution in [3.8, 4) is 0 Å². The predicted octanol–water partition coefficient (Wildman–Crippen LogP) is 1.50. The largest absolute Gasteiger partial charge is 0.396 e. The van der Waals surface area contributed by atoms with Crippen molar-refractivity contribution in [2.45, 2.75) is 26.3 Å². The van der Waals surface area contributed by atoms with Crippen molar-refractivity contribution in [3.05, 3.63) is 11.1 Å². The summed E-state index contributed by atoms with van der Waals surface area (Å²) in [6.45, 7) is 4.35. The maximum atomic E-state index is 8.67. The Bertz CT molecular complexity index is 235. The second kappa shape index (κ2) is 4.42. The van der Waals surface area contributed by atoms with E-state index in [0.717, 1.165) is 10.0 Å². The van der Waals surface area contributed by atoms with Gasteiger partial charge in [0.15, 0.2) is 5.13 Å². The standard InChI is InChI=1S/C8H14N2OS/c1-6(2)10-8-9-5-7(12-8)3-4-11/h5-6,11H,3-4H2,1-2H3,(H,9,10). The summed E-state index contributed by atoms with van der Waals surface area (Å²) in [4.78, 5) is 5.30. The molecule has 1 aromatic rings. The van der Waals surface area contributed by atoms with Gasteiger partial charge in [0.25, 0.3) is 0 Å². The molecule has 4 heteroatoms. The molecule has 0 saturated carbocycles. The van der Waals surface area contributed by atoms with Gasteiger partial charge in [0.1, 0.15) is 0 Å². The highest BCUT2D eigenvalue weighted by atomic mass is 32.1. The van der Waals surface area contributed by atoms with E-state index in [4.69, 9.17) is 5.11 Å². The van der Waals surface area contributed by atoms with Gasteiger partial charge in [0, 0.05) is 30.1 Å². The topological polar surface area (TPSA) is 45.2 Å². The second-order valence-electron chi connectivity index (χ2n) is 2.90. The summed E-state index contributed by atoms with van der Waals surface area (Å²) < 4.78 is 0. The van der Waals surface area contributed by atoms with E-state index < -0.39 is 0 Å². The molecule has 0 aromatic carbocycles. The highest BCUT2D eigenvalue weighted by Crippen LogP contribution is 2.18. The Hall–Kier alpha value is -0.610. The third-order valence-electron chi connectivity index (χ3n) is 1.32. The normalized spacial score (nSPS) is 10.7. The number of rotatable bonds is 4. The van der Waals surface area contributed by atoms with Gasteiger partial charge in [-0.05, 0) is 13.8 Å². The van der Waals surface area contributed by atoms with Crippen LogP contribution in [0, 0.1) is 0 Å². The van der Waals surface area contributed by atoms with Crippen molar-refractivity contribution in [2.24, 2.45) is 0 Å². The fraction of sp³-hybridized carbons (Fsp3) is 0.625. The van der Waals surface area contributed by atoms with Gasteiger partial charge in [-0.15, -0.1) is 11.3 Å². The molecule has 0 saturated heterocycles. The van der Waals surface area contributed by atoms with E-state index in [9.17, 15) is 0 Å². The fourth-order valence-electron chi connectivity index (χ4n) is 0.847. The van der Waals surface area contributed by atoms with Crippen LogP contribution >= 0.6 is 11.3 Å². The van der Waals surface area contributed by atoms with E-state index >= 15 is 0 Å². The molecule has 0 aliphatic carbocycles. The Morgan fingerprint density at radius 3 is 3.00 bits per heavy atom. The summed E-state index contributed by atoms with van der Waals surface area (Å²) in [5.41, 5.74) is 0. The first-order valence-electron chi connectivity index (χ1n) is 4.04. The number of nitrogens with one attached hydrogen (secondary N) is 1. The Morgan fingerprint density at radius 1 is 1.67 bits per heavy atom. The van der Waals surface area contributed by atoms with Crippen LogP contribution in [0.1, 0.15) is 18.7 Å². The molecule has 0 fully saturated rings. The van der Waals surface area contributed by atoms with Crippen LogP contribution in [-0.4, -0.2) is 22.7 Å². The first-order valence-corrected chi connectivity index (χ1v) is 4.86. The van der Waals surface area contributed by atoms with Crippen LogP contribution in [0.3, 0.4) is 0 Å². The van der Waals surface area contributed by atoms with Crippen LogP contribution in [0.2, 0.25) is 0 Å². The van der Waals surface area contributed by atoms with Crippen molar-refractivity contribution in [1.29, 1.82) is 0 Å². The van der Waals surface area contributed by atoms with Gasteiger partial charge in [-0.2, -0.15) is 0 Å². The zero-order chi connectivity index (χ0) is 8.97. The average Bonchev–Trinajstić information content (AvgIpc) is 2.36. The van der Waals surface area contributed by atoms with Crippen LogP contribution in [0.25, 0.3) is 0 Å². The van der Waals surface area contributed by atoms with Crippen LogP contribution in [0.4, 0.5) is 5.13 Å². The maximum Gasteiger partial charge on any atom is 0.183 e. The minimum absolute atomic E-state index is 0.198. The maximum absolute atomic E-state index is 8.67. The number of aliphatic hydroxyl groups excluding tert-OH is 1. The van der Waals surface area contributed by atoms with Crippen LogP contribution in [0.5, 0.6) is 0 Å². The van der Waals surface area contributed by atoms with E-state index in [2.05, 4.69) is 24.1 Å². The molecular formula is C8H14N2OS. The van der Waals surface area contributed by atoms with Gasteiger partial charge in [-0.25, -0.2) is 4.98 Å². The molecule has 12 heavy (non-hydrogen) atoms. The molecule has 0 amide bonds. The lowest BCUT2D eigenvalue weighted by Gasteiger charge is -2.03. The van der Waals surface area contributed by atoms with Crippen molar-refractivity contribution in [1.82, 2.24) is 4.98 Å². The van der Waals surface area contributed by atoms with Crippen molar-refractivity contribution in [2.75, 3.05) is 11.9 Å². The van der Waals surface area contributed by atoms with Crippen LogP contribution in [-0.2, 0) is 6.42 Å². The summed E-state index contributed by atoms with van der Waals surface area (Å²) in [5, 5.41) is 12.8. The quantitative estimate of drug-likeness (QED) is 0.749. The SMILES string of the molecule is CC(C)Nc1ncc(CCO)s1. The number of aromatic nitrogens is 1. The Balaban J connectivity index is 2.52. The number of hydrogen-bond donors (Lipinski definition) is 2. The van der Waals surface area contributed by atoms with E-state index in [1.54, 1.807) is 11.3 Å². The third kappa shape index (κ3) is 2.79. The molecule has 0 aliphatic rings. The van der Waals surface area contributed by atoms with Gasteiger partial charge in [-0.3, -0.25) is 0 Å². The number of aliphatic hydroxyl groups is 1. The van der Waals surface area contributed by atoms with E-state index in [-0.39, 0.29) is 6.61 Å². The molecule has 2 N–H and O–H groups in total. The molecule has 1 aromatic heterocycles. The van der Waals surface area contributed by atoms with E-state index in [1.807, 2.05) is 6.20 Å². The monoisotopic (exact) mass is 186 g/mol. The van der Waals surface area contributed by atoms with Gasteiger partial charge >= 0.3 is 0 Å². The van der Waals surface area contributed by atoms with Gasteiger partial charge in [0.2, 0.25) is 0 Å². The summed E-state index contributed by atoms with van der Waals surface area (Å²) in [6.07, 6.45) is 2.52. The van der Waals surface area contributed by atoms with Gasteiger partial charge in [0.05, 0.1) is 0 Å². The molecule has 0 aliphatic heterocycles.